The molecule has 1 aliphatic rings. The Morgan fingerprint density at radius 2 is 2.19 bits per heavy atom. The number of nitrogens with zero attached hydrogens (tertiary/aromatic N) is 1. The molecule has 1 saturated heterocycles. The first-order valence-corrected chi connectivity index (χ1v) is 5.58. The summed E-state index contributed by atoms with van der Waals surface area (Å²) in [6, 6.07) is 10.3. The maximum Gasteiger partial charge on any atom is 0.219 e. The SMILES string of the molecule is NC(=O)CC1CNCCN1c1ccccc1. The molecular formula is C12H17N3O. The summed E-state index contributed by atoms with van der Waals surface area (Å²) in [7, 11) is 0. The van der Waals surface area contributed by atoms with Crippen LogP contribution in [-0.2, 0) is 4.79 Å². The van der Waals surface area contributed by atoms with Gasteiger partial charge in [-0.15, -0.1) is 0 Å². The summed E-state index contributed by atoms with van der Waals surface area (Å²) in [5, 5.41) is 3.29. The Balaban J connectivity index is 2.13. The van der Waals surface area contributed by atoms with Crippen LogP contribution in [0, 0.1) is 0 Å². The molecule has 1 unspecified atom stereocenters. The molecule has 1 atom stereocenters. The molecule has 4 nitrogen and oxygen atoms in total. The molecule has 1 aromatic carbocycles. The third-order valence-electron chi connectivity index (χ3n) is 2.87. The van der Waals surface area contributed by atoms with E-state index in [0.29, 0.717) is 6.42 Å². The molecule has 1 fully saturated rings. The Bertz CT molecular complexity index is 353. The van der Waals surface area contributed by atoms with Gasteiger partial charge in [0, 0.05) is 31.7 Å². The van der Waals surface area contributed by atoms with Crippen molar-refractivity contribution in [1.82, 2.24) is 5.32 Å². The Labute approximate surface area is 95.4 Å². The lowest BCUT2D eigenvalue weighted by Crippen LogP contribution is -2.52. The number of para-hydroxylation sites is 1. The summed E-state index contributed by atoms with van der Waals surface area (Å²) in [6.07, 6.45) is 0.405. The van der Waals surface area contributed by atoms with Crippen molar-refractivity contribution in [2.45, 2.75) is 12.5 Å². The van der Waals surface area contributed by atoms with E-state index in [9.17, 15) is 4.79 Å². The summed E-state index contributed by atoms with van der Waals surface area (Å²) in [5.74, 6) is -0.241. The van der Waals surface area contributed by atoms with E-state index < -0.39 is 0 Å². The van der Waals surface area contributed by atoms with Crippen molar-refractivity contribution in [2.24, 2.45) is 5.73 Å². The molecule has 0 saturated carbocycles. The van der Waals surface area contributed by atoms with Gasteiger partial charge in [-0.1, -0.05) is 18.2 Å². The van der Waals surface area contributed by atoms with Crippen LogP contribution in [0.1, 0.15) is 6.42 Å². The fourth-order valence-corrected chi connectivity index (χ4v) is 2.13. The van der Waals surface area contributed by atoms with Crippen LogP contribution in [0.2, 0.25) is 0 Å². The number of piperazine rings is 1. The van der Waals surface area contributed by atoms with E-state index in [2.05, 4.69) is 22.3 Å². The highest BCUT2D eigenvalue weighted by atomic mass is 16.1. The van der Waals surface area contributed by atoms with E-state index in [1.165, 1.54) is 0 Å². The molecule has 0 aliphatic carbocycles. The highest BCUT2D eigenvalue weighted by Gasteiger charge is 2.23. The number of nitrogens with two attached hydrogens (primary N) is 1. The average molecular weight is 219 g/mol. The highest BCUT2D eigenvalue weighted by Crippen LogP contribution is 2.19. The van der Waals surface area contributed by atoms with Gasteiger partial charge in [-0.25, -0.2) is 0 Å². The van der Waals surface area contributed by atoms with Crippen LogP contribution in [0.15, 0.2) is 30.3 Å². The number of hydrogen-bond donors (Lipinski definition) is 2. The fourth-order valence-electron chi connectivity index (χ4n) is 2.13. The Morgan fingerprint density at radius 1 is 1.44 bits per heavy atom. The van der Waals surface area contributed by atoms with Crippen molar-refractivity contribution in [1.29, 1.82) is 0 Å². The zero-order valence-electron chi connectivity index (χ0n) is 9.23. The number of rotatable bonds is 3. The zero-order valence-corrected chi connectivity index (χ0v) is 9.23. The predicted molar refractivity (Wildman–Crippen MR) is 64.3 cm³/mol. The van der Waals surface area contributed by atoms with Gasteiger partial charge in [-0.2, -0.15) is 0 Å². The topological polar surface area (TPSA) is 58.4 Å². The van der Waals surface area contributed by atoms with Gasteiger partial charge in [0.25, 0.3) is 0 Å². The summed E-state index contributed by atoms with van der Waals surface area (Å²) < 4.78 is 0. The first-order valence-electron chi connectivity index (χ1n) is 5.58. The fraction of sp³-hybridized carbons (Fsp3) is 0.417. The molecular weight excluding hydrogens is 202 g/mol. The summed E-state index contributed by atoms with van der Waals surface area (Å²) in [6.45, 7) is 2.68. The van der Waals surface area contributed by atoms with Crippen molar-refractivity contribution in [3.05, 3.63) is 30.3 Å². The minimum absolute atomic E-state index is 0.175. The summed E-state index contributed by atoms with van der Waals surface area (Å²) in [4.78, 5) is 13.3. The minimum Gasteiger partial charge on any atom is -0.370 e. The number of carbonyl (C=O) groups excluding carboxylic acids is 1. The predicted octanol–water partition coefficient (Wildman–Crippen LogP) is 0.340. The maximum atomic E-state index is 11.0. The molecule has 2 rings (SSSR count). The standard InChI is InChI=1S/C12H17N3O/c13-12(16)8-11-9-14-6-7-15(11)10-4-2-1-3-5-10/h1-5,11,14H,6-9H2,(H2,13,16). The number of hydrogen-bond acceptors (Lipinski definition) is 3. The molecule has 0 spiro atoms. The van der Waals surface area contributed by atoms with E-state index >= 15 is 0 Å². The monoisotopic (exact) mass is 219 g/mol. The maximum absolute atomic E-state index is 11.0. The first kappa shape index (κ1) is 11.0. The number of carbonyl (C=O) groups is 1. The van der Waals surface area contributed by atoms with E-state index in [1.54, 1.807) is 0 Å². The summed E-state index contributed by atoms with van der Waals surface area (Å²) in [5.41, 5.74) is 6.43. The normalized spacial score (nSPS) is 20.8. The van der Waals surface area contributed by atoms with Crippen molar-refractivity contribution in [3.8, 4) is 0 Å². The van der Waals surface area contributed by atoms with Gasteiger partial charge in [0.1, 0.15) is 0 Å². The minimum atomic E-state index is -0.241. The number of amides is 1. The molecule has 1 aliphatic heterocycles. The van der Waals surface area contributed by atoms with Crippen molar-refractivity contribution in [3.63, 3.8) is 0 Å². The number of nitrogens with one attached hydrogen (secondary N) is 1. The number of primary amides is 1. The van der Waals surface area contributed by atoms with E-state index in [4.69, 9.17) is 5.73 Å². The quantitative estimate of drug-likeness (QED) is 0.770. The van der Waals surface area contributed by atoms with Gasteiger partial charge in [0.05, 0.1) is 6.04 Å². The second-order valence-corrected chi connectivity index (χ2v) is 4.06. The third-order valence-corrected chi connectivity index (χ3v) is 2.87. The molecule has 4 heteroatoms. The van der Waals surface area contributed by atoms with Crippen molar-refractivity contribution >= 4 is 11.6 Å². The van der Waals surface area contributed by atoms with Crippen LogP contribution in [-0.4, -0.2) is 31.6 Å². The lowest BCUT2D eigenvalue weighted by atomic mass is 10.1. The van der Waals surface area contributed by atoms with Crippen LogP contribution >= 0.6 is 0 Å². The van der Waals surface area contributed by atoms with Crippen molar-refractivity contribution in [2.75, 3.05) is 24.5 Å². The number of anilines is 1. The Kier molecular flexibility index (Phi) is 3.41. The van der Waals surface area contributed by atoms with Gasteiger partial charge >= 0.3 is 0 Å². The molecule has 1 amide bonds. The molecule has 1 heterocycles. The van der Waals surface area contributed by atoms with E-state index in [1.807, 2.05) is 18.2 Å². The van der Waals surface area contributed by atoms with Gasteiger partial charge in [-0.05, 0) is 12.1 Å². The van der Waals surface area contributed by atoms with Gasteiger partial charge in [0.15, 0.2) is 0 Å². The molecule has 3 N–H and O–H groups in total. The van der Waals surface area contributed by atoms with Gasteiger partial charge in [-0.3, -0.25) is 4.79 Å². The number of benzene rings is 1. The van der Waals surface area contributed by atoms with Gasteiger partial charge < -0.3 is 16.0 Å². The smallest absolute Gasteiger partial charge is 0.219 e. The highest BCUT2D eigenvalue weighted by molar-refractivity contribution is 5.75. The lowest BCUT2D eigenvalue weighted by Gasteiger charge is -2.37. The van der Waals surface area contributed by atoms with E-state index in [-0.39, 0.29) is 11.9 Å². The molecule has 1 aromatic rings. The zero-order chi connectivity index (χ0) is 11.4. The Morgan fingerprint density at radius 3 is 2.88 bits per heavy atom. The van der Waals surface area contributed by atoms with Crippen molar-refractivity contribution < 1.29 is 4.79 Å². The van der Waals surface area contributed by atoms with Gasteiger partial charge in [0.2, 0.25) is 5.91 Å². The summed E-state index contributed by atoms with van der Waals surface area (Å²) >= 11 is 0. The largest absolute Gasteiger partial charge is 0.370 e. The average Bonchev–Trinajstić information content (AvgIpc) is 2.30. The van der Waals surface area contributed by atoms with Crippen LogP contribution in [0.4, 0.5) is 5.69 Å². The molecule has 0 aromatic heterocycles. The second-order valence-electron chi connectivity index (χ2n) is 4.06. The van der Waals surface area contributed by atoms with Crippen LogP contribution in [0.25, 0.3) is 0 Å². The second kappa shape index (κ2) is 4.99. The molecule has 16 heavy (non-hydrogen) atoms. The first-order chi connectivity index (χ1) is 7.77. The van der Waals surface area contributed by atoms with E-state index in [0.717, 1.165) is 25.3 Å². The molecule has 0 bridgehead atoms. The van der Waals surface area contributed by atoms with Crippen LogP contribution in [0.3, 0.4) is 0 Å². The van der Waals surface area contributed by atoms with Crippen LogP contribution in [0.5, 0.6) is 0 Å². The molecule has 0 radical (unpaired) electrons. The lowest BCUT2D eigenvalue weighted by molar-refractivity contribution is -0.118. The Hall–Kier alpha value is -1.55. The van der Waals surface area contributed by atoms with Crippen LogP contribution < -0.4 is 16.0 Å². The third kappa shape index (κ3) is 2.52. The molecule has 86 valence electrons.